The second-order valence-electron chi connectivity index (χ2n) is 4.75. The monoisotopic (exact) mass is 308 g/mol. The molecular weight excluding hydrogens is 289 g/mol. The van der Waals surface area contributed by atoms with Crippen molar-refractivity contribution in [2.24, 2.45) is 0 Å². The van der Waals surface area contributed by atoms with Crippen LogP contribution < -0.4 is 5.32 Å². The third-order valence-corrected chi connectivity index (χ3v) is 3.28. The summed E-state index contributed by atoms with van der Waals surface area (Å²) in [6, 6.07) is 0.901. The number of unbranched alkanes of at least 4 members (excludes halogenated alkanes) is 5. The summed E-state index contributed by atoms with van der Waals surface area (Å²) < 4.78 is 37.3. The van der Waals surface area contributed by atoms with Crippen molar-refractivity contribution in [3.05, 3.63) is 22.8 Å². The molecule has 0 aliphatic rings. The molecule has 1 heterocycles. The fraction of sp³-hybridized carbons (Fsp3) is 0.643. The zero-order chi connectivity index (χ0) is 15.0. The topological polar surface area (TPSA) is 24.9 Å². The standard InChI is InChI=1S/C14H20ClF3N2/c1-2-3-4-5-6-7-8-19-13-12(15)9-11(10-20-13)14(16,17)18/h9-10H,2-8H2,1H3,(H,19,20). The molecule has 0 unspecified atom stereocenters. The van der Waals surface area contributed by atoms with E-state index < -0.39 is 11.7 Å². The quantitative estimate of drug-likeness (QED) is 0.639. The van der Waals surface area contributed by atoms with Gasteiger partial charge in [0.25, 0.3) is 0 Å². The van der Waals surface area contributed by atoms with Crippen LogP contribution in [0.3, 0.4) is 0 Å². The van der Waals surface area contributed by atoms with Crippen molar-refractivity contribution in [2.45, 2.75) is 51.6 Å². The van der Waals surface area contributed by atoms with Crippen LogP contribution in [0.2, 0.25) is 5.02 Å². The molecule has 1 aromatic rings. The largest absolute Gasteiger partial charge is 0.417 e. The summed E-state index contributed by atoms with van der Waals surface area (Å²) in [7, 11) is 0. The minimum Gasteiger partial charge on any atom is -0.369 e. The summed E-state index contributed by atoms with van der Waals surface area (Å²) in [6.07, 6.45) is 3.33. The number of alkyl halides is 3. The van der Waals surface area contributed by atoms with Crippen LogP contribution in [0.1, 0.15) is 51.0 Å². The van der Waals surface area contributed by atoms with E-state index >= 15 is 0 Å². The lowest BCUT2D eigenvalue weighted by Gasteiger charge is -2.10. The number of rotatable bonds is 8. The van der Waals surface area contributed by atoms with Crippen molar-refractivity contribution < 1.29 is 13.2 Å². The maximum Gasteiger partial charge on any atom is 0.417 e. The molecule has 0 radical (unpaired) electrons. The number of aromatic nitrogens is 1. The molecule has 1 rings (SSSR count). The SMILES string of the molecule is CCCCCCCCNc1ncc(C(F)(F)F)cc1Cl. The van der Waals surface area contributed by atoms with Crippen LogP contribution in [0.25, 0.3) is 0 Å². The smallest absolute Gasteiger partial charge is 0.369 e. The highest BCUT2D eigenvalue weighted by Crippen LogP contribution is 2.32. The Kier molecular flexibility index (Phi) is 7.13. The van der Waals surface area contributed by atoms with Crippen molar-refractivity contribution in [3.8, 4) is 0 Å². The highest BCUT2D eigenvalue weighted by atomic mass is 35.5. The Balaban J connectivity index is 2.34. The molecule has 0 spiro atoms. The predicted octanol–water partition coefficient (Wildman–Crippen LogP) is 5.53. The average Bonchev–Trinajstić information content (AvgIpc) is 2.38. The Morgan fingerprint density at radius 3 is 2.40 bits per heavy atom. The van der Waals surface area contributed by atoms with Gasteiger partial charge in [0.2, 0.25) is 0 Å². The zero-order valence-corrected chi connectivity index (χ0v) is 12.3. The van der Waals surface area contributed by atoms with Gasteiger partial charge in [0.1, 0.15) is 5.82 Å². The highest BCUT2D eigenvalue weighted by molar-refractivity contribution is 6.32. The van der Waals surface area contributed by atoms with Crippen molar-refractivity contribution in [2.75, 3.05) is 11.9 Å². The minimum absolute atomic E-state index is 0.00538. The normalized spacial score (nSPS) is 11.7. The average molecular weight is 309 g/mol. The maximum absolute atomic E-state index is 12.4. The Bertz CT molecular complexity index is 408. The van der Waals surface area contributed by atoms with E-state index in [4.69, 9.17) is 11.6 Å². The second kappa shape index (κ2) is 8.35. The third-order valence-electron chi connectivity index (χ3n) is 2.99. The van der Waals surface area contributed by atoms with E-state index in [1.54, 1.807) is 0 Å². The number of pyridine rings is 1. The maximum atomic E-state index is 12.4. The van der Waals surface area contributed by atoms with Crippen LogP contribution in [0, 0.1) is 0 Å². The Morgan fingerprint density at radius 2 is 1.80 bits per heavy atom. The Hall–Kier alpha value is -0.970. The molecular formula is C14H20ClF3N2. The van der Waals surface area contributed by atoms with E-state index in [-0.39, 0.29) is 5.02 Å². The van der Waals surface area contributed by atoms with Gasteiger partial charge in [-0.25, -0.2) is 4.98 Å². The van der Waals surface area contributed by atoms with Crippen LogP contribution >= 0.6 is 11.6 Å². The van der Waals surface area contributed by atoms with Crippen molar-refractivity contribution in [1.29, 1.82) is 0 Å². The summed E-state index contributed by atoms with van der Waals surface area (Å²) in [5.74, 6) is 0.313. The molecule has 0 saturated carbocycles. The van der Waals surface area contributed by atoms with Gasteiger partial charge in [-0.05, 0) is 12.5 Å². The lowest BCUT2D eigenvalue weighted by molar-refractivity contribution is -0.137. The van der Waals surface area contributed by atoms with Crippen molar-refractivity contribution in [3.63, 3.8) is 0 Å². The number of hydrogen-bond donors (Lipinski definition) is 1. The first-order chi connectivity index (χ1) is 9.45. The molecule has 1 N–H and O–H groups in total. The van der Waals surface area contributed by atoms with E-state index in [1.165, 1.54) is 25.7 Å². The van der Waals surface area contributed by atoms with Gasteiger partial charge in [0.15, 0.2) is 0 Å². The summed E-state index contributed by atoms with van der Waals surface area (Å²) >= 11 is 5.79. The molecule has 0 aliphatic carbocycles. The fourth-order valence-electron chi connectivity index (χ4n) is 1.84. The molecule has 6 heteroatoms. The minimum atomic E-state index is -4.41. The second-order valence-corrected chi connectivity index (χ2v) is 5.15. The highest BCUT2D eigenvalue weighted by Gasteiger charge is 2.31. The molecule has 0 amide bonds. The fourth-order valence-corrected chi connectivity index (χ4v) is 2.07. The summed E-state index contributed by atoms with van der Waals surface area (Å²) in [5, 5.41) is 2.98. The van der Waals surface area contributed by atoms with Crippen LogP contribution in [0.5, 0.6) is 0 Å². The summed E-state index contributed by atoms with van der Waals surface area (Å²) in [6.45, 7) is 2.84. The Labute approximate surface area is 122 Å². The number of hydrogen-bond acceptors (Lipinski definition) is 2. The van der Waals surface area contributed by atoms with Gasteiger partial charge >= 0.3 is 6.18 Å². The van der Waals surface area contributed by atoms with E-state index in [0.717, 1.165) is 25.1 Å². The molecule has 1 aromatic heterocycles. The van der Waals surface area contributed by atoms with E-state index in [9.17, 15) is 13.2 Å². The number of halogens is 4. The molecule has 2 nitrogen and oxygen atoms in total. The molecule has 0 fully saturated rings. The lowest BCUT2D eigenvalue weighted by atomic mass is 10.1. The van der Waals surface area contributed by atoms with Crippen LogP contribution in [0.4, 0.5) is 19.0 Å². The van der Waals surface area contributed by atoms with E-state index in [2.05, 4.69) is 17.2 Å². The van der Waals surface area contributed by atoms with E-state index in [1.807, 2.05) is 0 Å². The predicted molar refractivity (Wildman–Crippen MR) is 76.1 cm³/mol. The van der Waals surface area contributed by atoms with Crippen molar-refractivity contribution in [1.82, 2.24) is 4.98 Å². The summed E-state index contributed by atoms with van der Waals surface area (Å²) in [4.78, 5) is 3.73. The van der Waals surface area contributed by atoms with Gasteiger partial charge in [0, 0.05) is 12.7 Å². The number of nitrogens with zero attached hydrogens (tertiary/aromatic N) is 1. The van der Waals surface area contributed by atoms with Gasteiger partial charge in [0.05, 0.1) is 10.6 Å². The van der Waals surface area contributed by atoms with Gasteiger partial charge in [-0.15, -0.1) is 0 Å². The zero-order valence-electron chi connectivity index (χ0n) is 11.6. The van der Waals surface area contributed by atoms with Gasteiger partial charge in [-0.1, -0.05) is 50.6 Å². The first-order valence-electron chi connectivity index (χ1n) is 6.91. The van der Waals surface area contributed by atoms with Gasteiger partial charge in [-0.2, -0.15) is 13.2 Å². The molecule has 20 heavy (non-hydrogen) atoms. The van der Waals surface area contributed by atoms with Crippen LogP contribution in [-0.4, -0.2) is 11.5 Å². The van der Waals surface area contributed by atoms with Gasteiger partial charge < -0.3 is 5.32 Å². The van der Waals surface area contributed by atoms with Crippen LogP contribution in [0.15, 0.2) is 12.3 Å². The molecule has 0 bridgehead atoms. The van der Waals surface area contributed by atoms with Crippen LogP contribution in [-0.2, 0) is 6.18 Å². The molecule has 0 aliphatic heterocycles. The Morgan fingerprint density at radius 1 is 1.15 bits per heavy atom. The lowest BCUT2D eigenvalue weighted by Crippen LogP contribution is -2.08. The van der Waals surface area contributed by atoms with Gasteiger partial charge in [-0.3, -0.25) is 0 Å². The molecule has 0 atom stereocenters. The summed E-state index contributed by atoms with van der Waals surface area (Å²) in [5.41, 5.74) is -0.826. The van der Waals surface area contributed by atoms with Crippen molar-refractivity contribution >= 4 is 17.4 Å². The number of nitrogens with one attached hydrogen (secondary N) is 1. The first-order valence-corrected chi connectivity index (χ1v) is 7.29. The number of anilines is 1. The molecule has 114 valence electrons. The van der Waals surface area contributed by atoms with E-state index in [0.29, 0.717) is 12.4 Å². The molecule has 0 aromatic carbocycles. The first kappa shape index (κ1) is 17.1. The third kappa shape index (κ3) is 5.99. The molecule has 0 saturated heterocycles.